The maximum atomic E-state index is 12.3. The van der Waals surface area contributed by atoms with Gasteiger partial charge in [-0.25, -0.2) is 4.98 Å². The van der Waals surface area contributed by atoms with E-state index < -0.39 is 10.7 Å². The molecule has 3 aromatic rings. The van der Waals surface area contributed by atoms with Crippen molar-refractivity contribution in [1.29, 1.82) is 4.78 Å². The highest BCUT2D eigenvalue weighted by Crippen LogP contribution is 2.61. The van der Waals surface area contributed by atoms with Gasteiger partial charge in [0.15, 0.2) is 22.3 Å². The van der Waals surface area contributed by atoms with E-state index in [9.17, 15) is 4.79 Å². The van der Waals surface area contributed by atoms with Crippen molar-refractivity contribution in [2.75, 3.05) is 6.26 Å². The van der Waals surface area contributed by atoms with Gasteiger partial charge in [0.25, 0.3) is 5.91 Å². The Morgan fingerprint density at radius 3 is 2.71 bits per heavy atom. The second-order valence-corrected chi connectivity index (χ2v) is 9.76. The third-order valence-corrected chi connectivity index (χ3v) is 6.89. The molecule has 7 heteroatoms. The predicted molar refractivity (Wildman–Crippen MR) is 107 cm³/mol. The first-order valence-electron chi connectivity index (χ1n) is 9.56. The van der Waals surface area contributed by atoms with Gasteiger partial charge in [-0.15, -0.1) is 0 Å². The van der Waals surface area contributed by atoms with Gasteiger partial charge in [-0.05, 0) is 84.8 Å². The molecule has 0 saturated heterocycles. The fourth-order valence-corrected chi connectivity index (χ4v) is 5.16. The van der Waals surface area contributed by atoms with E-state index >= 15 is 0 Å². The topological polar surface area (TPSA) is 92.1 Å². The number of amides is 1. The number of fused-ring (bicyclic) bond motifs is 1. The van der Waals surface area contributed by atoms with Gasteiger partial charge >= 0.3 is 0 Å². The van der Waals surface area contributed by atoms with Gasteiger partial charge in [0.1, 0.15) is 5.52 Å². The minimum atomic E-state index is -0.721. The highest BCUT2D eigenvalue weighted by atomic mass is 32.2. The van der Waals surface area contributed by atoms with Crippen LogP contribution in [-0.2, 0) is 10.7 Å². The van der Waals surface area contributed by atoms with Crippen LogP contribution in [0.3, 0.4) is 0 Å². The van der Waals surface area contributed by atoms with Crippen molar-refractivity contribution in [2.24, 2.45) is 5.41 Å². The molecule has 1 aromatic carbocycles. The van der Waals surface area contributed by atoms with Crippen LogP contribution in [0.15, 0.2) is 44.3 Å². The van der Waals surface area contributed by atoms with Crippen LogP contribution in [-0.4, -0.2) is 23.2 Å². The lowest BCUT2D eigenvalue weighted by atomic mass is 9.50. The molecule has 2 fully saturated rings. The molecular weight excluding hydrogens is 374 g/mol. The number of hydrogen-bond acceptors (Lipinski definition) is 5. The molecule has 0 aliphatic heterocycles. The van der Waals surface area contributed by atoms with Gasteiger partial charge in [-0.1, -0.05) is 6.07 Å². The van der Waals surface area contributed by atoms with Crippen LogP contribution in [0.5, 0.6) is 0 Å². The number of nitrogens with one attached hydrogen (secondary N) is 2. The average molecular weight is 398 g/mol. The highest BCUT2D eigenvalue weighted by molar-refractivity contribution is 7.85. The molecular formula is C21H23N3O3S. The Morgan fingerprint density at radius 1 is 1.21 bits per heavy atom. The second-order valence-electron chi connectivity index (χ2n) is 8.34. The summed E-state index contributed by atoms with van der Waals surface area (Å²) in [4.78, 5) is 17.0. The molecule has 2 saturated carbocycles. The first-order valence-corrected chi connectivity index (χ1v) is 11.2. The lowest BCUT2D eigenvalue weighted by molar-refractivity contribution is -0.0256. The predicted octanol–water partition coefficient (Wildman–Crippen LogP) is 4.55. The molecule has 2 aliphatic rings. The van der Waals surface area contributed by atoms with Crippen LogP contribution in [0.2, 0.25) is 0 Å². The number of rotatable bonds is 4. The molecule has 2 N–H and O–H groups in total. The van der Waals surface area contributed by atoms with Crippen molar-refractivity contribution in [2.45, 2.75) is 49.7 Å². The van der Waals surface area contributed by atoms with Crippen LogP contribution in [0.25, 0.3) is 11.1 Å². The number of hydrogen-bond donors (Lipinski definition) is 2. The molecule has 6 nitrogen and oxygen atoms in total. The molecule has 2 aromatic heterocycles. The zero-order valence-electron chi connectivity index (χ0n) is 16.0. The average Bonchev–Trinajstić information content (AvgIpc) is 3.21. The van der Waals surface area contributed by atoms with Crippen LogP contribution >= 0.6 is 0 Å². The van der Waals surface area contributed by atoms with E-state index in [-0.39, 0.29) is 11.9 Å². The van der Waals surface area contributed by atoms with Gasteiger partial charge in [-0.2, -0.15) is 0 Å². The third kappa shape index (κ3) is 2.98. The summed E-state index contributed by atoms with van der Waals surface area (Å²) >= 11 is 0. The smallest absolute Gasteiger partial charge is 0.287 e. The standard InChI is InChI=1S/C21H23N3O3S/c1-12-3-4-16-15(7-12)24-20(27-16)13-8-21(9-13)10-14(11-21)23-19(25)17-5-6-18(26-17)28(2)22/h3-7,13-14,22H,8-11H2,1-2H3,(H,23,25). The van der Waals surface area contributed by atoms with E-state index in [1.807, 2.05) is 12.1 Å². The quantitative estimate of drug-likeness (QED) is 0.675. The summed E-state index contributed by atoms with van der Waals surface area (Å²) in [6, 6.07) is 9.67. The van der Waals surface area contributed by atoms with Crippen molar-refractivity contribution in [3.8, 4) is 0 Å². The largest absolute Gasteiger partial charge is 0.444 e. The summed E-state index contributed by atoms with van der Waals surface area (Å²) < 4.78 is 19.1. The number of nitrogens with zero attached hydrogens (tertiary/aromatic N) is 1. The van der Waals surface area contributed by atoms with Crippen molar-refractivity contribution in [3.05, 3.63) is 47.5 Å². The fourth-order valence-electron chi connectivity index (χ4n) is 4.67. The Kier molecular flexibility index (Phi) is 3.98. The molecule has 2 aliphatic carbocycles. The lowest BCUT2D eigenvalue weighted by Gasteiger charge is -2.57. The number of aryl methyl sites for hydroxylation is 1. The van der Waals surface area contributed by atoms with Gasteiger partial charge < -0.3 is 14.2 Å². The van der Waals surface area contributed by atoms with E-state index in [4.69, 9.17) is 13.6 Å². The van der Waals surface area contributed by atoms with Crippen LogP contribution < -0.4 is 5.32 Å². The summed E-state index contributed by atoms with van der Waals surface area (Å²) in [6.07, 6.45) is 5.90. The van der Waals surface area contributed by atoms with Crippen molar-refractivity contribution >= 4 is 27.7 Å². The maximum absolute atomic E-state index is 12.3. The van der Waals surface area contributed by atoms with Gasteiger partial charge in [0.2, 0.25) is 0 Å². The summed E-state index contributed by atoms with van der Waals surface area (Å²) in [7, 11) is -0.721. The SMILES string of the molecule is Cc1ccc2oc(C3CC4(CC(NC(=O)c5ccc(S(C)=N)o5)C4)C3)nc2c1. The molecule has 1 spiro atoms. The van der Waals surface area contributed by atoms with Crippen molar-refractivity contribution < 1.29 is 13.6 Å². The zero-order chi connectivity index (χ0) is 19.5. The molecule has 5 rings (SSSR count). The van der Waals surface area contributed by atoms with Crippen LogP contribution in [0, 0.1) is 17.1 Å². The van der Waals surface area contributed by atoms with Gasteiger partial charge in [0.05, 0.1) is 0 Å². The van der Waals surface area contributed by atoms with E-state index in [1.165, 1.54) is 5.56 Å². The third-order valence-electron chi connectivity index (χ3n) is 6.07. The Balaban J connectivity index is 1.16. The number of furan rings is 1. The second kappa shape index (κ2) is 6.30. The van der Waals surface area contributed by atoms with E-state index in [0.29, 0.717) is 22.2 Å². The summed E-state index contributed by atoms with van der Waals surface area (Å²) in [5.74, 6) is 1.36. The zero-order valence-corrected chi connectivity index (χ0v) is 16.8. The molecule has 1 atom stereocenters. The molecule has 1 unspecified atom stereocenters. The van der Waals surface area contributed by atoms with E-state index in [0.717, 1.165) is 42.7 Å². The fraction of sp³-hybridized carbons (Fsp3) is 0.429. The van der Waals surface area contributed by atoms with E-state index in [2.05, 4.69) is 23.3 Å². The van der Waals surface area contributed by atoms with Crippen molar-refractivity contribution in [3.63, 3.8) is 0 Å². The molecule has 28 heavy (non-hydrogen) atoms. The number of carbonyl (C=O) groups is 1. The highest BCUT2D eigenvalue weighted by Gasteiger charge is 2.54. The molecule has 1 amide bonds. The van der Waals surface area contributed by atoms with Crippen LogP contribution in [0.1, 0.15) is 53.6 Å². The normalized spacial score (nSPS) is 27.4. The van der Waals surface area contributed by atoms with E-state index in [1.54, 1.807) is 18.4 Å². The monoisotopic (exact) mass is 397 g/mol. The Morgan fingerprint density at radius 2 is 2.00 bits per heavy atom. The lowest BCUT2D eigenvalue weighted by Crippen LogP contribution is -2.55. The van der Waals surface area contributed by atoms with Crippen molar-refractivity contribution in [1.82, 2.24) is 10.3 Å². The number of benzene rings is 1. The summed E-state index contributed by atoms with van der Waals surface area (Å²) in [5, 5.41) is 3.61. The molecule has 146 valence electrons. The minimum Gasteiger partial charge on any atom is -0.444 e. The number of carbonyl (C=O) groups excluding carboxylic acids is 1. The first kappa shape index (κ1) is 17.7. The minimum absolute atomic E-state index is 0.179. The molecule has 2 heterocycles. The van der Waals surface area contributed by atoms with Gasteiger partial charge in [0, 0.05) is 12.0 Å². The van der Waals surface area contributed by atoms with Gasteiger partial charge in [-0.3, -0.25) is 9.57 Å². The number of oxazole rings is 1. The molecule has 0 bridgehead atoms. The van der Waals surface area contributed by atoms with Crippen LogP contribution in [0.4, 0.5) is 0 Å². The Bertz CT molecular complexity index is 1090. The summed E-state index contributed by atoms with van der Waals surface area (Å²) in [5.41, 5.74) is 3.32. The summed E-state index contributed by atoms with van der Waals surface area (Å²) in [6.45, 7) is 2.06. The molecule has 0 radical (unpaired) electrons. The number of aromatic nitrogens is 1. The Hall–Kier alpha value is -2.41. The maximum Gasteiger partial charge on any atom is 0.287 e. The Labute approximate surface area is 165 Å². The first-order chi connectivity index (χ1) is 13.4.